The molecule has 0 spiro atoms. The minimum atomic E-state index is -0.307. The maximum atomic E-state index is 12.3. The molecule has 2 N–H and O–H groups in total. The van der Waals surface area contributed by atoms with Gasteiger partial charge in [0.15, 0.2) is 12.4 Å². The van der Waals surface area contributed by atoms with E-state index in [9.17, 15) is 14.9 Å². The highest BCUT2D eigenvalue weighted by molar-refractivity contribution is 5.92. The zero-order chi connectivity index (χ0) is 23.9. The van der Waals surface area contributed by atoms with Crippen LogP contribution in [-0.4, -0.2) is 29.6 Å². The quantitative estimate of drug-likeness (QED) is 0.409. The van der Waals surface area contributed by atoms with Gasteiger partial charge in [-0.25, -0.2) is 4.98 Å². The molecule has 0 atom stereocenters. The Labute approximate surface area is 195 Å². The van der Waals surface area contributed by atoms with Crippen molar-refractivity contribution in [2.75, 3.05) is 19.0 Å². The number of aromatic nitrogens is 2. The van der Waals surface area contributed by atoms with E-state index in [0.29, 0.717) is 33.7 Å². The van der Waals surface area contributed by atoms with Crippen LogP contribution in [0.2, 0.25) is 0 Å². The molecule has 0 saturated carbocycles. The van der Waals surface area contributed by atoms with Gasteiger partial charge in [-0.1, -0.05) is 24.3 Å². The Kier molecular flexibility index (Phi) is 6.65. The van der Waals surface area contributed by atoms with Crippen molar-refractivity contribution in [3.05, 3.63) is 94.5 Å². The largest absolute Gasteiger partial charge is 0.497 e. The highest BCUT2D eigenvalue weighted by atomic mass is 16.5. The molecule has 0 radical (unpaired) electrons. The Bertz CT molecular complexity index is 1450. The van der Waals surface area contributed by atoms with Crippen molar-refractivity contribution in [3.63, 3.8) is 0 Å². The summed E-state index contributed by atoms with van der Waals surface area (Å²) >= 11 is 0. The van der Waals surface area contributed by atoms with E-state index in [-0.39, 0.29) is 29.5 Å². The molecule has 1 amide bonds. The number of methoxy groups -OCH3 is 1. The number of H-pyrrole nitrogens is 1. The van der Waals surface area contributed by atoms with E-state index in [1.165, 1.54) is 0 Å². The smallest absolute Gasteiger partial charge is 0.262 e. The van der Waals surface area contributed by atoms with E-state index in [1.807, 2.05) is 0 Å². The third-order valence-corrected chi connectivity index (χ3v) is 4.92. The lowest BCUT2D eigenvalue weighted by atomic mass is 10.1. The minimum Gasteiger partial charge on any atom is -0.497 e. The van der Waals surface area contributed by atoms with Crippen LogP contribution >= 0.6 is 0 Å². The summed E-state index contributed by atoms with van der Waals surface area (Å²) in [5.74, 6) is 1.09. The first-order valence-corrected chi connectivity index (χ1v) is 10.3. The van der Waals surface area contributed by atoms with Crippen LogP contribution in [-0.2, 0) is 4.79 Å². The molecule has 0 aliphatic carbocycles. The van der Waals surface area contributed by atoms with Crippen LogP contribution in [0.4, 0.5) is 5.69 Å². The van der Waals surface area contributed by atoms with Crippen LogP contribution in [0.15, 0.2) is 77.6 Å². The number of fused-ring (bicyclic) bond motifs is 1. The normalized spacial score (nSPS) is 11.0. The summed E-state index contributed by atoms with van der Waals surface area (Å²) in [4.78, 5) is 31.5. The predicted octanol–water partition coefficient (Wildman–Crippen LogP) is 4.01. The van der Waals surface area contributed by atoms with E-state index in [4.69, 9.17) is 9.47 Å². The first-order chi connectivity index (χ1) is 16.6. The minimum absolute atomic E-state index is 0.160. The molecule has 0 aliphatic rings. The van der Waals surface area contributed by atoms with E-state index in [0.717, 1.165) is 0 Å². The average molecular weight is 452 g/mol. The summed E-state index contributed by atoms with van der Waals surface area (Å²) in [6.07, 6.45) is 1.62. The molecule has 0 fully saturated rings. The molecular weight excluding hydrogens is 432 g/mol. The SMILES string of the molecule is COc1ccc(NC(=O)COc2ccc(C=C(C#N)c3nc4ccccc4c(=O)[nH]3)cc2)cc1. The molecule has 0 bridgehead atoms. The first-order valence-electron chi connectivity index (χ1n) is 10.3. The fourth-order valence-corrected chi connectivity index (χ4v) is 3.21. The fraction of sp³-hybridized carbons (Fsp3) is 0.0769. The Morgan fingerprint density at radius 2 is 1.76 bits per heavy atom. The number of anilines is 1. The van der Waals surface area contributed by atoms with Crippen LogP contribution in [0.25, 0.3) is 22.6 Å². The Morgan fingerprint density at radius 1 is 1.06 bits per heavy atom. The van der Waals surface area contributed by atoms with Crippen molar-refractivity contribution in [1.82, 2.24) is 9.97 Å². The maximum Gasteiger partial charge on any atom is 0.262 e. The number of hydrogen-bond acceptors (Lipinski definition) is 6. The zero-order valence-electron chi connectivity index (χ0n) is 18.2. The van der Waals surface area contributed by atoms with Gasteiger partial charge in [-0.15, -0.1) is 0 Å². The number of carbonyl (C=O) groups excluding carboxylic acids is 1. The number of ether oxygens (including phenoxy) is 2. The number of nitriles is 1. The van der Waals surface area contributed by atoms with Crippen molar-refractivity contribution < 1.29 is 14.3 Å². The molecular formula is C26H20N4O4. The van der Waals surface area contributed by atoms with Crippen molar-refractivity contribution in [1.29, 1.82) is 5.26 Å². The predicted molar refractivity (Wildman–Crippen MR) is 129 cm³/mol. The van der Waals surface area contributed by atoms with Gasteiger partial charge in [0, 0.05) is 5.69 Å². The van der Waals surface area contributed by atoms with Gasteiger partial charge in [-0.05, 0) is 60.2 Å². The molecule has 1 heterocycles. The maximum absolute atomic E-state index is 12.3. The van der Waals surface area contributed by atoms with Gasteiger partial charge in [0.05, 0.1) is 23.6 Å². The van der Waals surface area contributed by atoms with Gasteiger partial charge in [0.1, 0.15) is 17.6 Å². The number of rotatable bonds is 7. The molecule has 3 aromatic carbocycles. The molecule has 0 aliphatic heterocycles. The number of aromatic amines is 1. The van der Waals surface area contributed by atoms with Crippen molar-refractivity contribution >= 4 is 34.1 Å². The third kappa shape index (κ3) is 5.29. The Morgan fingerprint density at radius 3 is 2.47 bits per heavy atom. The summed E-state index contributed by atoms with van der Waals surface area (Å²) in [6.45, 7) is -0.160. The second-order valence-corrected chi connectivity index (χ2v) is 7.24. The molecule has 8 nitrogen and oxygen atoms in total. The molecule has 4 rings (SSSR count). The highest BCUT2D eigenvalue weighted by Gasteiger charge is 2.09. The average Bonchev–Trinajstić information content (AvgIpc) is 2.87. The third-order valence-electron chi connectivity index (χ3n) is 4.92. The molecule has 8 heteroatoms. The highest BCUT2D eigenvalue weighted by Crippen LogP contribution is 2.19. The summed E-state index contributed by atoms with van der Waals surface area (Å²) in [7, 11) is 1.57. The Hall–Kier alpha value is -4.90. The lowest BCUT2D eigenvalue weighted by Crippen LogP contribution is -2.20. The van der Waals surface area contributed by atoms with Crippen LogP contribution in [0.5, 0.6) is 11.5 Å². The fourth-order valence-electron chi connectivity index (χ4n) is 3.21. The van der Waals surface area contributed by atoms with E-state index in [1.54, 1.807) is 86.0 Å². The second-order valence-electron chi connectivity index (χ2n) is 7.24. The van der Waals surface area contributed by atoms with Gasteiger partial charge in [0.2, 0.25) is 0 Å². The van der Waals surface area contributed by atoms with Crippen molar-refractivity contribution in [3.8, 4) is 17.6 Å². The topological polar surface area (TPSA) is 117 Å². The summed E-state index contributed by atoms with van der Waals surface area (Å²) in [5.41, 5.74) is 1.77. The lowest BCUT2D eigenvalue weighted by molar-refractivity contribution is -0.118. The van der Waals surface area contributed by atoms with Gasteiger partial charge in [0.25, 0.3) is 11.5 Å². The number of allylic oxidation sites excluding steroid dienone is 1. The molecule has 1 aromatic heterocycles. The lowest BCUT2D eigenvalue weighted by Gasteiger charge is -2.08. The van der Waals surface area contributed by atoms with Gasteiger partial charge < -0.3 is 19.8 Å². The first kappa shape index (κ1) is 22.3. The monoisotopic (exact) mass is 452 g/mol. The standard InChI is InChI=1S/C26H20N4O4/c1-33-20-12-8-19(9-13-20)28-24(31)16-34-21-10-6-17(7-11-21)14-18(15-27)25-29-23-5-3-2-4-22(23)26(32)30-25/h2-14H,16H2,1H3,(H,28,31)(H,29,30,32). The zero-order valence-corrected chi connectivity index (χ0v) is 18.2. The second kappa shape index (κ2) is 10.1. The van der Waals surface area contributed by atoms with Gasteiger partial charge >= 0.3 is 0 Å². The van der Waals surface area contributed by atoms with E-state index >= 15 is 0 Å². The van der Waals surface area contributed by atoms with Crippen molar-refractivity contribution in [2.45, 2.75) is 0 Å². The number of carbonyl (C=O) groups is 1. The number of benzene rings is 3. The van der Waals surface area contributed by atoms with Crippen LogP contribution in [0.3, 0.4) is 0 Å². The van der Waals surface area contributed by atoms with E-state index in [2.05, 4.69) is 21.4 Å². The van der Waals surface area contributed by atoms with Crippen LogP contribution in [0, 0.1) is 11.3 Å². The molecule has 0 unspecified atom stereocenters. The number of para-hydroxylation sites is 1. The molecule has 0 saturated heterocycles. The number of nitrogens with zero attached hydrogens (tertiary/aromatic N) is 2. The van der Waals surface area contributed by atoms with E-state index < -0.39 is 0 Å². The number of amides is 1. The summed E-state index contributed by atoms with van der Waals surface area (Å²) in [5, 5.41) is 12.8. The van der Waals surface area contributed by atoms with Crippen molar-refractivity contribution in [2.24, 2.45) is 0 Å². The Balaban J connectivity index is 1.42. The molecule has 168 valence electrons. The van der Waals surface area contributed by atoms with Gasteiger partial charge in [-0.3, -0.25) is 9.59 Å². The molecule has 34 heavy (non-hydrogen) atoms. The molecule has 4 aromatic rings. The number of nitrogens with one attached hydrogen (secondary N) is 2. The summed E-state index contributed by atoms with van der Waals surface area (Å²) < 4.78 is 10.6. The van der Waals surface area contributed by atoms with Gasteiger partial charge in [-0.2, -0.15) is 5.26 Å². The summed E-state index contributed by atoms with van der Waals surface area (Å²) in [6, 6.07) is 22.9. The number of hydrogen-bond donors (Lipinski definition) is 2. The van der Waals surface area contributed by atoms with Crippen LogP contribution < -0.4 is 20.3 Å². The van der Waals surface area contributed by atoms with Crippen LogP contribution in [0.1, 0.15) is 11.4 Å².